The molecule has 1 aromatic carbocycles. The first-order valence-corrected chi connectivity index (χ1v) is 11.7. The molecule has 5 rings (SSSR count). The Morgan fingerprint density at radius 2 is 2.21 bits per heavy atom. The van der Waals surface area contributed by atoms with Crippen LogP contribution in [0.5, 0.6) is 0 Å². The van der Waals surface area contributed by atoms with Gasteiger partial charge in [-0.3, -0.25) is 14.5 Å². The van der Waals surface area contributed by atoms with E-state index in [1.54, 1.807) is 26.4 Å². The second-order valence-electron chi connectivity index (χ2n) is 9.20. The topological polar surface area (TPSA) is 89.0 Å². The van der Waals surface area contributed by atoms with E-state index in [1.165, 1.54) is 22.5 Å². The van der Waals surface area contributed by atoms with E-state index in [0.717, 1.165) is 49.5 Å². The van der Waals surface area contributed by atoms with Gasteiger partial charge in [-0.25, -0.2) is 0 Å². The predicted molar refractivity (Wildman–Crippen MR) is 130 cm³/mol. The van der Waals surface area contributed by atoms with Gasteiger partial charge in [-0.15, -0.1) is 0 Å². The highest BCUT2D eigenvalue weighted by atomic mass is 16.5. The summed E-state index contributed by atoms with van der Waals surface area (Å²) in [7, 11) is 1.75. The van der Waals surface area contributed by atoms with Crippen molar-refractivity contribution in [3.05, 3.63) is 46.8 Å². The predicted octanol–water partition coefficient (Wildman–Crippen LogP) is 3.00. The molecule has 0 bridgehead atoms. The molecular weight excluding hydrogens is 416 g/mol. The van der Waals surface area contributed by atoms with Crippen molar-refractivity contribution >= 4 is 29.2 Å². The molecule has 1 saturated heterocycles. The number of hydrogen-bond donors (Lipinski definition) is 1. The van der Waals surface area contributed by atoms with E-state index in [0.29, 0.717) is 19.1 Å². The summed E-state index contributed by atoms with van der Waals surface area (Å²) in [6.45, 7) is 7.58. The van der Waals surface area contributed by atoms with Crippen LogP contribution in [0, 0.1) is 0 Å². The molecular formula is C25H32N6O2. The Kier molecular flexibility index (Phi) is 5.70. The standard InChI is InChI=1S/C25H32N6O2/c1-16-13-30(23-5-4-18(10-21(16)23)19(11-26)12-27-3)25-22-14-29(17(2)32)8-6-24(22)31(28-25)20-7-9-33-15-20/h4-5,10-12,16,20H,6-9,13-15,26H2,1-3H3/t16-,20-/m0/s1. The number of aromatic nitrogens is 2. The molecule has 174 valence electrons. The van der Waals surface area contributed by atoms with Gasteiger partial charge in [-0.05, 0) is 29.7 Å². The monoisotopic (exact) mass is 448 g/mol. The number of hydrogen-bond acceptors (Lipinski definition) is 6. The number of ether oxygens (including phenoxy) is 1. The largest absolute Gasteiger partial charge is 0.404 e. The smallest absolute Gasteiger partial charge is 0.219 e. The number of carbonyl (C=O) groups is 1. The van der Waals surface area contributed by atoms with Crippen molar-refractivity contribution in [2.45, 2.75) is 45.2 Å². The maximum Gasteiger partial charge on any atom is 0.219 e. The Balaban J connectivity index is 1.57. The minimum atomic E-state index is 0.113. The van der Waals surface area contributed by atoms with E-state index in [4.69, 9.17) is 15.6 Å². The fourth-order valence-corrected chi connectivity index (χ4v) is 5.33. The fraction of sp³-hybridized carbons (Fsp3) is 0.480. The Bertz CT molecular complexity index is 1130. The summed E-state index contributed by atoms with van der Waals surface area (Å²) >= 11 is 0. The van der Waals surface area contributed by atoms with E-state index in [-0.39, 0.29) is 11.9 Å². The van der Waals surface area contributed by atoms with Crippen molar-refractivity contribution < 1.29 is 9.53 Å². The molecule has 3 aliphatic rings. The molecule has 8 nitrogen and oxygen atoms in total. The van der Waals surface area contributed by atoms with Gasteiger partial charge in [0.2, 0.25) is 5.91 Å². The van der Waals surface area contributed by atoms with Crippen molar-refractivity contribution in [3.63, 3.8) is 0 Å². The number of amides is 1. The van der Waals surface area contributed by atoms with Crippen LogP contribution in [0.15, 0.2) is 29.4 Å². The van der Waals surface area contributed by atoms with E-state index in [1.807, 2.05) is 4.90 Å². The quantitative estimate of drug-likeness (QED) is 0.727. The first kappa shape index (κ1) is 21.7. The van der Waals surface area contributed by atoms with E-state index in [2.05, 4.69) is 39.7 Å². The number of rotatable bonds is 4. The molecule has 3 aliphatic heterocycles. The van der Waals surface area contributed by atoms with Gasteiger partial charge >= 0.3 is 0 Å². The lowest BCUT2D eigenvalue weighted by Crippen LogP contribution is -2.35. The highest BCUT2D eigenvalue weighted by molar-refractivity contribution is 6.09. The first-order chi connectivity index (χ1) is 16.0. The minimum absolute atomic E-state index is 0.113. The van der Waals surface area contributed by atoms with Gasteiger partial charge in [-0.2, -0.15) is 5.10 Å². The van der Waals surface area contributed by atoms with E-state index < -0.39 is 0 Å². The summed E-state index contributed by atoms with van der Waals surface area (Å²) in [5, 5.41) is 5.16. The summed E-state index contributed by atoms with van der Waals surface area (Å²) in [5.74, 6) is 1.44. The van der Waals surface area contributed by atoms with Crippen molar-refractivity contribution in [2.24, 2.45) is 10.7 Å². The van der Waals surface area contributed by atoms with Gasteiger partial charge in [0.1, 0.15) is 0 Å². The Morgan fingerprint density at radius 1 is 1.36 bits per heavy atom. The molecule has 33 heavy (non-hydrogen) atoms. The van der Waals surface area contributed by atoms with Crippen molar-refractivity contribution in [3.8, 4) is 0 Å². The van der Waals surface area contributed by atoms with Crippen molar-refractivity contribution in [2.75, 3.05) is 38.3 Å². The van der Waals surface area contributed by atoms with E-state index >= 15 is 0 Å². The van der Waals surface area contributed by atoms with Crippen LogP contribution in [0.3, 0.4) is 0 Å². The van der Waals surface area contributed by atoms with Gasteiger partial charge in [0.15, 0.2) is 5.82 Å². The molecule has 0 saturated carbocycles. The molecule has 8 heteroatoms. The molecule has 2 N–H and O–H groups in total. The number of benzene rings is 1. The summed E-state index contributed by atoms with van der Waals surface area (Å²) in [4.78, 5) is 20.6. The van der Waals surface area contributed by atoms with Gasteiger partial charge in [-0.1, -0.05) is 13.0 Å². The summed E-state index contributed by atoms with van der Waals surface area (Å²) in [6, 6.07) is 6.75. The third-order valence-electron chi connectivity index (χ3n) is 7.10. The highest BCUT2D eigenvalue weighted by Crippen LogP contribution is 2.44. The van der Waals surface area contributed by atoms with Crippen LogP contribution in [0.2, 0.25) is 0 Å². The number of nitrogens with two attached hydrogens (primary N) is 1. The molecule has 0 aliphatic carbocycles. The Hall–Kier alpha value is -3.13. The van der Waals surface area contributed by atoms with Gasteiger partial charge in [0, 0.05) is 80.9 Å². The molecule has 1 fully saturated rings. The number of carbonyl (C=O) groups excluding carboxylic acids is 1. The SMILES string of the molecule is CN=CC(=CN)c1ccc2c(c1)[C@@H](C)CN2c1nn([C@H]2CCOC2)c2c1CN(C(C)=O)CC2. The molecule has 0 spiro atoms. The molecule has 1 amide bonds. The van der Waals surface area contributed by atoms with Crippen molar-refractivity contribution in [1.82, 2.24) is 14.7 Å². The summed E-state index contributed by atoms with van der Waals surface area (Å²) < 4.78 is 7.86. The second kappa shape index (κ2) is 8.67. The van der Waals surface area contributed by atoms with Crippen LogP contribution in [0.25, 0.3) is 5.57 Å². The molecule has 2 atom stereocenters. The van der Waals surface area contributed by atoms with Crippen molar-refractivity contribution in [1.29, 1.82) is 0 Å². The normalized spacial score (nSPS) is 22.8. The number of aliphatic imine (C=N–C) groups is 1. The third-order valence-corrected chi connectivity index (χ3v) is 7.10. The summed E-state index contributed by atoms with van der Waals surface area (Å²) in [5.41, 5.74) is 12.7. The van der Waals surface area contributed by atoms with Crippen LogP contribution in [0.1, 0.15) is 54.6 Å². The second-order valence-corrected chi connectivity index (χ2v) is 9.20. The molecule has 2 aromatic rings. The van der Waals surface area contributed by atoms with Crippen LogP contribution in [-0.2, 0) is 22.5 Å². The molecule has 1 aromatic heterocycles. The highest BCUT2D eigenvalue weighted by Gasteiger charge is 2.36. The van der Waals surface area contributed by atoms with Crippen LogP contribution < -0.4 is 10.6 Å². The first-order valence-electron chi connectivity index (χ1n) is 11.7. The number of fused-ring (bicyclic) bond motifs is 2. The zero-order valence-electron chi connectivity index (χ0n) is 19.6. The lowest BCUT2D eigenvalue weighted by atomic mass is 9.98. The Morgan fingerprint density at radius 3 is 2.91 bits per heavy atom. The maximum absolute atomic E-state index is 12.2. The molecule has 4 heterocycles. The van der Waals surface area contributed by atoms with Crippen LogP contribution in [-0.4, -0.2) is 60.2 Å². The fourth-order valence-electron chi connectivity index (χ4n) is 5.33. The average Bonchev–Trinajstić information content (AvgIpc) is 3.54. The van der Waals surface area contributed by atoms with Crippen LogP contribution in [0.4, 0.5) is 11.5 Å². The summed E-state index contributed by atoms with van der Waals surface area (Å²) in [6.07, 6.45) is 5.20. The van der Waals surface area contributed by atoms with E-state index in [9.17, 15) is 4.79 Å². The lowest BCUT2D eigenvalue weighted by Gasteiger charge is -2.28. The third kappa shape index (κ3) is 3.72. The molecule has 0 unspecified atom stereocenters. The maximum atomic E-state index is 12.2. The number of nitrogens with zero attached hydrogens (tertiary/aromatic N) is 5. The van der Waals surface area contributed by atoms with Crippen LogP contribution >= 0.6 is 0 Å². The average molecular weight is 449 g/mol. The van der Waals surface area contributed by atoms with Gasteiger partial charge in [0.25, 0.3) is 0 Å². The Labute approximate surface area is 194 Å². The lowest BCUT2D eigenvalue weighted by molar-refractivity contribution is -0.129. The minimum Gasteiger partial charge on any atom is -0.404 e. The zero-order valence-corrected chi connectivity index (χ0v) is 19.6. The number of anilines is 2. The van der Waals surface area contributed by atoms with Gasteiger partial charge in [0.05, 0.1) is 19.2 Å². The zero-order chi connectivity index (χ0) is 23.1. The number of allylic oxidation sites excluding steroid dienone is 1. The van der Waals surface area contributed by atoms with Gasteiger partial charge < -0.3 is 20.3 Å². The molecule has 0 radical (unpaired) electrons.